The third-order valence-corrected chi connectivity index (χ3v) is 7.09. The molecule has 2 aliphatic heterocycles. The maximum atomic E-state index is 13.3. The monoisotopic (exact) mass is 446 g/mol. The van der Waals surface area contributed by atoms with E-state index in [2.05, 4.69) is 0 Å². The number of rotatable bonds is 5. The number of sulfone groups is 1. The molecule has 2 aliphatic rings. The third-order valence-electron chi connectivity index (χ3n) is 5.34. The molecule has 0 radical (unpaired) electrons. The first-order valence-electron chi connectivity index (χ1n) is 9.38. The van der Waals surface area contributed by atoms with Gasteiger partial charge >= 0.3 is 0 Å². The summed E-state index contributed by atoms with van der Waals surface area (Å²) >= 11 is 0. The van der Waals surface area contributed by atoms with Gasteiger partial charge in [0.15, 0.2) is 21.3 Å². The highest BCUT2D eigenvalue weighted by Gasteiger charge is 2.43. The number of amides is 2. The van der Waals surface area contributed by atoms with Gasteiger partial charge in [-0.2, -0.15) is 5.26 Å². The summed E-state index contributed by atoms with van der Waals surface area (Å²) in [5.74, 6) is -0.709. The van der Waals surface area contributed by atoms with Crippen LogP contribution in [0.4, 0.5) is 0 Å². The summed E-state index contributed by atoms with van der Waals surface area (Å²) in [7, 11) is 1.04. The van der Waals surface area contributed by atoms with Gasteiger partial charge in [0.25, 0.3) is 11.8 Å². The van der Waals surface area contributed by atoms with E-state index in [0.717, 1.165) is 4.90 Å². The molecule has 0 saturated carbocycles. The fourth-order valence-corrected chi connectivity index (χ4v) is 5.46. The van der Waals surface area contributed by atoms with Gasteiger partial charge in [-0.15, -0.1) is 0 Å². The van der Waals surface area contributed by atoms with E-state index < -0.39 is 27.7 Å². The molecular formula is C21H22N2O7S. The molecular weight excluding hydrogens is 424 g/mol. The molecule has 0 aromatic heterocycles. The second-order valence-electron chi connectivity index (χ2n) is 7.17. The quantitative estimate of drug-likeness (QED) is 0.492. The molecule has 9 nitrogen and oxygen atoms in total. The zero-order valence-electron chi connectivity index (χ0n) is 17.6. The molecule has 1 unspecified atom stereocenters. The SMILES string of the molecule is COc1cc(C=C2C(=O)N(C3CCS(=O)(=O)C3)C(=O)C(C#N)=C2C)cc(OC)c1OC. The first-order valence-corrected chi connectivity index (χ1v) is 11.2. The van der Waals surface area contributed by atoms with Crippen LogP contribution in [0.2, 0.25) is 0 Å². The van der Waals surface area contributed by atoms with Gasteiger partial charge in [-0.05, 0) is 42.7 Å². The van der Waals surface area contributed by atoms with E-state index in [1.165, 1.54) is 34.3 Å². The van der Waals surface area contributed by atoms with Gasteiger partial charge in [0, 0.05) is 5.57 Å². The normalized spacial score (nSPS) is 22.0. The lowest BCUT2D eigenvalue weighted by Gasteiger charge is -2.31. The van der Waals surface area contributed by atoms with Gasteiger partial charge in [-0.25, -0.2) is 8.42 Å². The molecule has 164 valence electrons. The van der Waals surface area contributed by atoms with Crippen LogP contribution in [0, 0.1) is 11.3 Å². The fraction of sp³-hybridized carbons (Fsp3) is 0.381. The number of ether oxygens (including phenoxy) is 3. The Labute approximate surface area is 180 Å². The van der Waals surface area contributed by atoms with Gasteiger partial charge < -0.3 is 14.2 Å². The number of benzene rings is 1. The van der Waals surface area contributed by atoms with E-state index in [4.69, 9.17) is 14.2 Å². The number of imide groups is 1. The van der Waals surface area contributed by atoms with Crippen LogP contribution in [0.25, 0.3) is 6.08 Å². The van der Waals surface area contributed by atoms with Gasteiger partial charge in [-0.1, -0.05) is 0 Å². The minimum absolute atomic E-state index is 0.106. The second kappa shape index (κ2) is 8.43. The van der Waals surface area contributed by atoms with E-state index in [0.29, 0.717) is 22.8 Å². The second-order valence-corrected chi connectivity index (χ2v) is 9.39. The van der Waals surface area contributed by atoms with E-state index >= 15 is 0 Å². The first-order chi connectivity index (χ1) is 14.7. The number of carbonyl (C=O) groups is 2. The van der Waals surface area contributed by atoms with Crippen molar-refractivity contribution in [1.29, 1.82) is 5.26 Å². The minimum Gasteiger partial charge on any atom is -0.493 e. The number of hydrogen-bond donors (Lipinski definition) is 0. The van der Waals surface area contributed by atoms with Crippen LogP contribution in [0.1, 0.15) is 18.9 Å². The molecule has 0 N–H and O–H groups in total. The van der Waals surface area contributed by atoms with Crippen LogP contribution < -0.4 is 14.2 Å². The summed E-state index contributed by atoms with van der Waals surface area (Å²) in [6.45, 7) is 1.51. The van der Waals surface area contributed by atoms with Crippen molar-refractivity contribution < 1.29 is 32.2 Å². The Bertz CT molecular complexity index is 1130. The van der Waals surface area contributed by atoms with Crippen molar-refractivity contribution in [3.63, 3.8) is 0 Å². The standard InChI is InChI=1S/C21H22N2O7S/c1-12-15(7-13-8-17(28-2)19(30-4)18(9-13)29-3)20(24)23(21(25)16(12)10-22)14-5-6-31(26,27)11-14/h7-9,14H,5-6,11H2,1-4H3. The smallest absolute Gasteiger partial charge is 0.271 e. The third kappa shape index (κ3) is 4.01. The number of hydrogen-bond acceptors (Lipinski definition) is 8. The topological polar surface area (TPSA) is 123 Å². The fourth-order valence-electron chi connectivity index (χ4n) is 3.76. The highest BCUT2D eigenvalue weighted by Crippen LogP contribution is 2.39. The van der Waals surface area contributed by atoms with Crippen molar-refractivity contribution in [3.8, 4) is 23.3 Å². The molecule has 0 bridgehead atoms. The maximum Gasteiger partial charge on any atom is 0.271 e. The summed E-state index contributed by atoms with van der Waals surface area (Å²) in [4.78, 5) is 27.0. The summed E-state index contributed by atoms with van der Waals surface area (Å²) in [5.41, 5.74) is 0.670. The van der Waals surface area contributed by atoms with Gasteiger partial charge in [0.1, 0.15) is 11.6 Å². The Morgan fingerprint density at radius 2 is 1.71 bits per heavy atom. The Kier molecular flexibility index (Phi) is 6.08. The molecule has 1 saturated heterocycles. The highest BCUT2D eigenvalue weighted by molar-refractivity contribution is 7.91. The molecule has 31 heavy (non-hydrogen) atoms. The minimum atomic E-state index is -3.34. The molecule has 1 atom stereocenters. The van der Waals surface area contributed by atoms with Crippen molar-refractivity contribution in [3.05, 3.63) is 34.4 Å². The van der Waals surface area contributed by atoms with Crippen LogP contribution in [0.15, 0.2) is 28.9 Å². The van der Waals surface area contributed by atoms with Crippen molar-refractivity contribution in [2.45, 2.75) is 19.4 Å². The van der Waals surface area contributed by atoms with Gasteiger partial charge in [0.2, 0.25) is 5.75 Å². The number of nitrogens with zero attached hydrogens (tertiary/aromatic N) is 2. The van der Waals surface area contributed by atoms with Crippen molar-refractivity contribution >= 4 is 27.7 Å². The molecule has 2 amide bonds. The van der Waals surface area contributed by atoms with Crippen molar-refractivity contribution in [1.82, 2.24) is 4.90 Å². The predicted molar refractivity (Wildman–Crippen MR) is 111 cm³/mol. The highest BCUT2D eigenvalue weighted by atomic mass is 32.2. The van der Waals surface area contributed by atoms with E-state index in [1.807, 2.05) is 6.07 Å². The van der Waals surface area contributed by atoms with E-state index in [-0.39, 0.29) is 34.6 Å². The van der Waals surface area contributed by atoms with Crippen LogP contribution in [0.3, 0.4) is 0 Å². The van der Waals surface area contributed by atoms with Crippen LogP contribution in [-0.2, 0) is 19.4 Å². The number of nitriles is 1. The Balaban J connectivity index is 2.14. The largest absolute Gasteiger partial charge is 0.493 e. The lowest BCUT2D eigenvalue weighted by molar-refractivity contribution is -0.142. The zero-order chi connectivity index (χ0) is 22.9. The molecule has 0 spiro atoms. The van der Waals surface area contributed by atoms with Crippen LogP contribution in [-0.4, -0.2) is 64.0 Å². The van der Waals surface area contributed by atoms with Crippen LogP contribution in [0.5, 0.6) is 17.2 Å². The predicted octanol–water partition coefficient (Wildman–Crippen LogP) is 1.49. The lowest BCUT2D eigenvalue weighted by Crippen LogP contribution is -2.49. The first kappa shape index (κ1) is 22.4. The van der Waals surface area contributed by atoms with E-state index in [1.54, 1.807) is 12.1 Å². The number of methoxy groups -OCH3 is 3. The zero-order valence-corrected chi connectivity index (χ0v) is 18.4. The Morgan fingerprint density at radius 3 is 2.16 bits per heavy atom. The Hall–Kier alpha value is -3.32. The van der Waals surface area contributed by atoms with Crippen molar-refractivity contribution in [2.24, 2.45) is 0 Å². The molecule has 10 heteroatoms. The summed E-state index contributed by atoms with van der Waals surface area (Å²) < 4.78 is 39.8. The molecule has 3 rings (SSSR count). The summed E-state index contributed by atoms with van der Waals surface area (Å²) in [5, 5.41) is 9.53. The summed E-state index contributed by atoms with van der Waals surface area (Å²) in [6.07, 6.45) is 1.66. The number of carbonyl (C=O) groups excluding carboxylic acids is 2. The molecule has 2 heterocycles. The molecule has 0 aliphatic carbocycles. The van der Waals surface area contributed by atoms with Gasteiger partial charge in [0.05, 0.1) is 38.9 Å². The van der Waals surface area contributed by atoms with E-state index in [9.17, 15) is 23.3 Å². The molecule has 1 aromatic carbocycles. The Morgan fingerprint density at radius 1 is 1.10 bits per heavy atom. The molecule has 1 aromatic rings. The maximum absolute atomic E-state index is 13.3. The molecule has 1 fully saturated rings. The van der Waals surface area contributed by atoms with Gasteiger partial charge in [-0.3, -0.25) is 14.5 Å². The average molecular weight is 446 g/mol. The average Bonchev–Trinajstić information content (AvgIpc) is 3.09. The van der Waals surface area contributed by atoms with Crippen molar-refractivity contribution in [2.75, 3.05) is 32.8 Å². The van der Waals surface area contributed by atoms with Crippen LogP contribution >= 0.6 is 0 Å². The summed E-state index contributed by atoms with van der Waals surface area (Å²) in [6, 6.07) is 4.31. The lowest BCUT2D eigenvalue weighted by atomic mass is 9.92.